The molecule has 0 saturated heterocycles. The molecule has 0 aliphatic rings. The Kier molecular flexibility index (Phi) is 3.73. The van der Waals surface area contributed by atoms with Crippen molar-refractivity contribution < 1.29 is 4.79 Å². The normalized spacial score (nSPS) is 10.4. The molecule has 0 aliphatic heterocycles. The van der Waals surface area contributed by atoms with Crippen LogP contribution in [0.3, 0.4) is 0 Å². The summed E-state index contributed by atoms with van der Waals surface area (Å²) in [6.07, 6.45) is 0. The number of aryl methyl sites for hydroxylation is 1. The Labute approximate surface area is 118 Å². The lowest BCUT2D eigenvalue weighted by Crippen LogP contribution is -2.12. The highest BCUT2D eigenvalue weighted by Gasteiger charge is 2.12. The molecule has 0 fully saturated rings. The predicted molar refractivity (Wildman–Crippen MR) is 75.2 cm³/mol. The number of nitrogens with one attached hydrogen (secondary N) is 2. The molecule has 1 aromatic carbocycles. The number of aromatic nitrogens is 2. The van der Waals surface area contributed by atoms with Gasteiger partial charge in [0.1, 0.15) is 0 Å². The van der Waals surface area contributed by atoms with Crippen molar-refractivity contribution in [1.29, 1.82) is 0 Å². The van der Waals surface area contributed by atoms with Crippen molar-refractivity contribution in [2.45, 2.75) is 13.8 Å². The molecule has 1 amide bonds. The van der Waals surface area contributed by atoms with Gasteiger partial charge in [-0.2, -0.15) is 5.10 Å². The largest absolute Gasteiger partial charge is 0.305 e. The van der Waals surface area contributed by atoms with E-state index in [1.54, 1.807) is 18.2 Å². The minimum atomic E-state index is -0.220. The quantitative estimate of drug-likeness (QED) is 0.883. The molecule has 4 nitrogen and oxygen atoms in total. The molecule has 1 heterocycles. The number of hydrogen-bond donors (Lipinski definition) is 2. The van der Waals surface area contributed by atoms with Crippen LogP contribution >= 0.6 is 27.5 Å². The standard InChI is InChI=1S/C12H11BrClN3O/c1-6-7(2)16-17-11(6)15-12(18)8-3-4-10(14)9(13)5-8/h3-5H,1-2H3,(H2,15,16,17,18). The van der Waals surface area contributed by atoms with Crippen LogP contribution in [0.15, 0.2) is 22.7 Å². The van der Waals surface area contributed by atoms with Gasteiger partial charge >= 0.3 is 0 Å². The number of aromatic amines is 1. The summed E-state index contributed by atoms with van der Waals surface area (Å²) in [5.41, 5.74) is 2.38. The molecule has 0 unspecified atom stereocenters. The number of rotatable bonds is 2. The summed E-state index contributed by atoms with van der Waals surface area (Å²) in [7, 11) is 0. The maximum absolute atomic E-state index is 12.0. The van der Waals surface area contributed by atoms with Gasteiger partial charge in [-0.15, -0.1) is 0 Å². The Morgan fingerprint density at radius 2 is 2.17 bits per heavy atom. The maximum atomic E-state index is 12.0. The average molecular weight is 329 g/mol. The van der Waals surface area contributed by atoms with Gasteiger partial charge in [0.05, 0.1) is 5.02 Å². The van der Waals surface area contributed by atoms with E-state index in [9.17, 15) is 4.79 Å². The van der Waals surface area contributed by atoms with Crippen LogP contribution in [0.5, 0.6) is 0 Å². The van der Waals surface area contributed by atoms with Gasteiger partial charge in [-0.05, 0) is 48.0 Å². The molecule has 6 heteroatoms. The molecule has 0 radical (unpaired) electrons. The van der Waals surface area contributed by atoms with Gasteiger partial charge in [-0.3, -0.25) is 9.89 Å². The lowest BCUT2D eigenvalue weighted by atomic mass is 10.2. The highest BCUT2D eigenvalue weighted by atomic mass is 79.9. The van der Waals surface area contributed by atoms with Crippen LogP contribution in [0.4, 0.5) is 5.82 Å². The number of carbonyl (C=O) groups is 1. The zero-order valence-electron chi connectivity index (χ0n) is 9.84. The fourth-order valence-corrected chi connectivity index (χ4v) is 1.92. The van der Waals surface area contributed by atoms with Crippen LogP contribution in [0, 0.1) is 13.8 Å². The van der Waals surface area contributed by atoms with Gasteiger partial charge in [0.2, 0.25) is 0 Å². The van der Waals surface area contributed by atoms with Gasteiger partial charge in [-0.25, -0.2) is 0 Å². The van der Waals surface area contributed by atoms with Crippen LogP contribution in [0.25, 0.3) is 0 Å². The van der Waals surface area contributed by atoms with Crippen molar-refractivity contribution in [2.24, 2.45) is 0 Å². The van der Waals surface area contributed by atoms with Crippen molar-refractivity contribution in [3.8, 4) is 0 Å². The highest BCUT2D eigenvalue weighted by Crippen LogP contribution is 2.24. The molecule has 0 aliphatic carbocycles. The summed E-state index contributed by atoms with van der Waals surface area (Å²) in [5.74, 6) is 0.325. The van der Waals surface area contributed by atoms with E-state index in [2.05, 4.69) is 31.4 Å². The summed E-state index contributed by atoms with van der Waals surface area (Å²) in [5, 5.41) is 10.2. The number of halogens is 2. The van der Waals surface area contributed by atoms with Crippen LogP contribution in [-0.4, -0.2) is 16.1 Å². The summed E-state index contributed by atoms with van der Waals surface area (Å²) in [6.45, 7) is 3.79. The Bertz CT molecular complexity index is 609. The Hall–Kier alpha value is -1.33. The lowest BCUT2D eigenvalue weighted by molar-refractivity contribution is 0.102. The molecule has 2 aromatic rings. The van der Waals surface area contributed by atoms with E-state index in [4.69, 9.17) is 11.6 Å². The predicted octanol–water partition coefficient (Wildman–Crippen LogP) is 3.69. The molecular formula is C12H11BrClN3O. The van der Waals surface area contributed by atoms with E-state index in [0.717, 1.165) is 11.3 Å². The number of nitrogens with zero attached hydrogens (tertiary/aromatic N) is 1. The van der Waals surface area contributed by atoms with E-state index >= 15 is 0 Å². The molecule has 94 valence electrons. The molecule has 2 rings (SSSR count). The highest BCUT2D eigenvalue weighted by molar-refractivity contribution is 9.10. The topological polar surface area (TPSA) is 57.8 Å². The maximum Gasteiger partial charge on any atom is 0.256 e. The first kappa shape index (κ1) is 13.1. The van der Waals surface area contributed by atoms with Crippen LogP contribution in [-0.2, 0) is 0 Å². The Morgan fingerprint density at radius 3 is 2.72 bits per heavy atom. The Balaban J connectivity index is 2.22. The first-order chi connectivity index (χ1) is 8.49. The second kappa shape index (κ2) is 5.12. The van der Waals surface area contributed by atoms with Crippen LogP contribution < -0.4 is 5.32 Å². The summed E-state index contributed by atoms with van der Waals surface area (Å²) in [4.78, 5) is 12.0. The molecular weight excluding hydrogens is 318 g/mol. The second-order valence-electron chi connectivity index (χ2n) is 3.91. The lowest BCUT2D eigenvalue weighted by Gasteiger charge is -2.04. The first-order valence-corrected chi connectivity index (χ1v) is 6.44. The van der Waals surface area contributed by atoms with Crippen LogP contribution in [0.2, 0.25) is 5.02 Å². The third-order valence-electron chi connectivity index (χ3n) is 2.67. The zero-order valence-corrected chi connectivity index (χ0v) is 12.2. The summed E-state index contributed by atoms with van der Waals surface area (Å²) < 4.78 is 0.687. The van der Waals surface area contributed by atoms with E-state index in [0.29, 0.717) is 20.9 Å². The van der Waals surface area contributed by atoms with Gasteiger partial charge in [0.25, 0.3) is 5.91 Å². The summed E-state index contributed by atoms with van der Waals surface area (Å²) in [6, 6.07) is 5.01. The zero-order chi connectivity index (χ0) is 13.3. The molecule has 18 heavy (non-hydrogen) atoms. The average Bonchev–Trinajstić information content (AvgIpc) is 2.64. The monoisotopic (exact) mass is 327 g/mol. The molecule has 0 atom stereocenters. The molecule has 2 N–H and O–H groups in total. The first-order valence-electron chi connectivity index (χ1n) is 5.27. The molecule has 0 spiro atoms. The third-order valence-corrected chi connectivity index (χ3v) is 3.88. The van der Waals surface area contributed by atoms with E-state index in [1.807, 2.05) is 13.8 Å². The van der Waals surface area contributed by atoms with Gasteiger partial charge in [-0.1, -0.05) is 11.6 Å². The van der Waals surface area contributed by atoms with Crippen LogP contribution in [0.1, 0.15) is 21.6 Å². The van der Waals surface area contributed by atoms with E-state index in [-0.39, 0.29) is 5.91 Å². The third kappa shape index (κ3) is 2.57. The fourth-order valence-electron chi connectivity index (χ4n) is 1.42. The number of H-pyrrole nitrogens is 1. The van der Waals surface area contributed by atoms with Gasteiger partial charge in [0.15, 0.2) is 5.82 Å². The Morgan fingerprint density at radius 1 is 1.44 bits per heavy atom. The van der Waals surface area contributed by atoms with Crippen molar-refractivity contribution in [2.75, 3.05) is 5.32 Å². The fraction of sp³-hybridized carbons (Fsp3) is 0.167. The van der Waals surface area contributed by atoms with Crippen molar-refractivity contribution in [3.63, 3.8) is 0 Å². The molecule has 0 saturated carbocycles. The number of carbonyl (C=O) groups excluding carboxylic acids is 1. The van der Waals surface area contributed by atoms with E-state index in [1.165, 1.54) is 0 Å². The summed E-state index contributed by atoms with van der Waals surface area (Å²) >= 11 is 9.16. The second-order valence-corrected chi connectivity index (χ2v) is 5.17. The molecule has 1 aromatic heterocycles. The number of hydrogen-bond acceptors (Lipinski definition) is 2. The SMILES string of the molecule is Cc1[nH]nc(NC(=O)c2ccc(Cl)c(Br)c2)c1C. The smallest absolute Gasteiger partial charge is 0.256 e. The number of anilines is 1. The van der Waals surface area contributed by atoms with Crippen molar-refractivity contribution in [3.05, 3.63) is 44.5 Å². The number of benzene rings is 1. The van der Waals surface area contributed by atoms with Gasteiger partial charge < -0.3 is 5.32 Å². The van der Waals surface area contributed by atoms with E-state index < -0.39 is 0 Å². The van der Waals surface area contributed by atoms with Gasteiger partial charge in [0, 0.05) is 21.3 Å². The van der Waals surface area contributed by atoms with Crippen molar-refractivity contribution >= 4 is 39.3 Å². The van der Waals surface area contributed by atoms with Crippen molar-refractivity contribution in [1.82, 2.24) is 10.2 Å². The number of amides is 1. The molecule has 0 bridgehead atoms. The minimum Gasteiger partial charge on any atom is -0.305 e. The minimum absolute atomic E-state index is 0.220.